The highest BCUT2D eigenvalue weighted by atomic mass is 16.3. The van der Waals surface area contributed by atoms with Gasteiger partial charge in [0, 0.05) is 0 Å². The van der Waals surface area contributed by atoms with Gasteiger partial charge in [-0.15, -0.1) is 0 Å². The van der Waals surface area contributed by atoms with Crippen molar-refractivity contribution in [2.45, 2.75) is 19.4 Å². The Morgan fingerprint density at radius 1 is 1.86 bits per heavy atom. The van der Waals surface area contributed by atoms with Crippen molar-refractivity contribution < 1.29 is 5.11 Å². The lowest BCUT2D eigenvalue weighted by Gasteiger charge is -1.95. The van der Waals surface area contributed by atoms with Crippen LogP contribution in [-0.2, 0) is 0 Å². The molecule has 3 radical (unpaired) electrons. The summed E-state index contributed by atoms with van der Waals surface area (Å²) in [4.78, 5) is 0. The van der Waals surface area contributed by atoms with Crippen molar-refractivity contribution in [3.05, 3.63) is 12.8 Å². The number of hydrogen-bond acceptors (Lipinski definition) is 1. The molecule has 0 aromatic rings. The molecular weight excluding hydrogens is 88.1 g/mol. The second-order valence-corrected chi connectivity index (χ2v) is 2.04. The lowest BCUT2D eigenvalue weighted by molar-refractivity contribution is 0.207. The summed E-state index contributed by atoms with van der Waals surface area (Å²) >= 11 is 0. The number of rotatable bonds is 0. The van der Waals surface area contributed by atoms with Gasteiger partial charge in [-0.2, -0.15) is 0 Å². The molecule has 1 N–H and O–H groups in total. The second-order valence-electron chi connectivity index (χ2n) is 2.04. The highest BCUT2D eigenvalue weighted by Crippen LogP contribution is 2.21. The third-order valence-electron chi connectivity index (χ3n) is 1.17. The topological polar surface area (TPSA) is 20.2 Å². The molecule has 0 saturated heterocycles. The minimum absolute atomic E-state index is 0.213. The standard InChI is InChI=1S/C6H9O/c1-5-2-3-6(7)4-5/h3,5-7H,4H2,1H3. The Labute approximate surface area is 44.4 Å². The Bertz CT molecular complexity index is 53.2. The minimum atomic E-state index is -0.213. The predicted octanol–water partition coefficient (Wildman–Crippen LogP) is 0.673. The van der Waals surface area contributed by atoms with Gasteiger partial charge in [-0.05, 0) is 25.2 Å². The molecule has 2 unspecified atom stereocenters. The van der Waals surface area contributed by atoms with Gasteiger partial charge in [0.15, 0.2) is 0 Å². The molecule has 0 aromatic carbocycles. The maximum absolute atomic E-state index is 8.78. The molecule has 1 saturated carbocycles. The van der Waals surface area contributed by atoms with Crippen LogP contribution in [0.15, 0.2) is 0 Å². The van der Waals surface area contributed by atoms with E-state index in [9.17, 15) is 0 Å². The van der Waals surface area contributed by atoms with Gasteiger partial charge in [0.2, 0.25) is 0 Å². The Morgan fingerprint density at radius 3 is 2.71 bits per heavy atom. The van der Waals surface area contributed by atoms with E-state index in [1.54, 1.807) is 6.42 Å². The van der Waals surface area contributed by atoms with Gasteiger partial charge in [0.05, 0.1) is 6.10 Å². The molecule has 0 spiro atoms. The molecule has 0 heterocycles. The summed E-state index contributed by atoms with van der Waals surface area (Å²) in [6.45, 7) is 2.05. The van der Waals surface area contributed by atoms with Gasteiger partial charge in [-0.1, -0.05) is 6.92 Å². The van der Waals surface area contributed by atoms with E-state index in [0.717, 1.165) is 6.42 Å². The molecule has 0 aliphatic heterocycles. The van der Waals surface area contributed by atoms with Crippen LogP contribution in [0.25, 0.3) is 0 Å². The summed E-state index contributed by atoms with van der Waals surface area (Å²) < 4.78 is 0. The summed E-state index contributed by atoms with van der Waals surface area (Å²) in [5, 5.41) is 8.78. The fourth-order valence-corrected chi connectivity index (χ4v) is 0.774. The molecule has 1 heteroatoms. The first-order valence-electron chi connectivity index (χ1n) is 2.56. The number of aliphatic hydroxyl groups excluding tert-OH is 1. The first kappa shape index (κ1) is 5.10. The van der Waals surface area contributed by atoms with E-state index in [0.29, 0.717) is 5.92 Å². The molecule has 1 nitrogen and oxygen atoms in total. The van der Waals surface area contributed by atoms with Crippen molar-refractivity contribution in [1.29, 1.82) is 0 Å². The quantitative estimate of drug-likeness (QED) is 0.471. The average molecular weight is 97.1 g/mol. The van der Waals surface area contributed by atoms with Crippen LogP contribution in [0, 0.1) is 18.8 Å². The lowest BCUT2D eigenvalue weighted by atomic mass is 10.1. The first-order chi connectivity index (χ1) is 3.29. The van der Waals surface area contributed by atoms with Crippen LogP contribution >= 0.6 is 0 Å². The molecule has 39 valence electrons. The van der Waals surface area contributed by atoms with Crippen LogP contribution in [0.3, 0.4) is 0 Å². The third-order valence-corrected chi connectivity index (χ3v) is 1.17. The van der Waals surface area contributed by atoms with Gasteiger partial charge in [-0.25, -0.2) is 0 Å². The van der Waals surface area contributed by atoms with Crippen LogP contribution in [-0.4, -0.2) is 11.2 Å². The Kier molecular flexibility index (Phi) is 1.33. The molecule has 2 atom stereocenters. The van der Waals surface area contributed by atoms with Crippen LogP contribution < -0.4 is 0 Å². The zero-order chi connectivity index (χ0) is 5.28. The van der Waals surface area contributed by atoms with E-state index in [2.05, 4.69) is 6.42 Å². The monoisotopic (exact) mass is 97.1 g/mol. The van der Waals surface area contributed by atoms with Gasteiger partial charge in [0.1, 0.15) is 0 Å². The van der Waals surface area contributed by atoms with Gasteiger partial charge in [0.25, 0.3) is 0 Å². The Balaban J connectivity index is 2.26. The molecule has 1 rings (SSSR count). The zero-order valence-corrected chi connectivity index (χ0v) is 4.39. The number of aliphatic hydroxyl groups is 1. The smallest absolute Gasteiger partial charge is 0.0580 e. The fraction of sp³-hybridized carbons (Fsp3) is 0.667. The second kappa shape index (κ2) is 1.83. The fourth-order valence-electron chi connectivity index (χ4n) is 0.774. The summed E-state index contributed by atoms with van der Waals surface area (Å²) in [6, 6.07) is 0. The lowest BCUT2D eigenvalue weighted by Crippen LogP contribution is -1.97. The molecule has 1 fully saturated rings. The van der Waals surface area contributed by atoms with Crippen LogP contribution in [0.2, 0.25) is 0 Å². The Morgan fingerprint density at radius 2 is 2.57 bits per heavy atom. The van der Waals surface area contributed by atoms with Crippen molar-refractivity contribution in [3.63, 3.8) is 0 Å². The van der Waals surface area contributed by atoms with Crippen molar-refractivity contribution in [3.8, 4) is 0 Å². The van der Waals surface area contributed by atoms with E-state index >= 15 is 0 Å². The first-order valence-corrected chi connectivity index (χ1v) is 2.56. The van der Waals surface area contributed by atoms with E-state index in [4.69, 9.17) is 5.11 Å². The predicted molar refractivity (Wildman–Crippen MR) is 27.3 cm³/mol. The van der Waals surface area contributed by atoms with E-state index in [1.807, 2.05) is 6.92 Å². The van der Waals surface area contributed by atoms with Crippen LogP contribution in [0.5, 0.6) is 0 Å². The summed E-state index contributed by atoms with van der Waals surface area (Å²) in [5.41, 5.74) is 0. The number of hydrogen-bond donors (Lipinski definition) is 1. The van der Waals surface area contributed by atoms with Crippen molar-refractivity contribution >= 4 is 0 Å². The van der Waals surface area contributed by atoms with E-state index < -0.39 is 0 Å². The van der Waals surface area contributed by atoms with Crippen LogP contribution in [0.4, 0.5) is 0 Å². The molecule has 0 bridgehead atoms. The third kappa shape index (κ3) is 1.16. The maximum Gasteiger partial charge on any atom is 0.0580 e. The van der Waals surface area contributed by atoms with E-state index in [1.165, 1.54) is 0 Å². The molecular formula is C6H9O. The summed E-state index contributed by atoms with van der Waals surface area (Å²) in [7, 11) is 0. The molecule has 7 heavy (non-hydrogen) atoms. The molecule has 1 aliphatic rings. The summed E-state index contributed by atoms with van der Waals surface area (Å²) in [5.74, 6) is 0.468. The van der Waals surface area contributed by atoms with Crippen molar-refractivity contribution in [2.75, 3.05) is 0 Å². The van der Waals surface area contributed by atoms with Gasteiger partial charge in [-0.3, -0.25) is 0 Å². The Hall–Kier alpha value is -0.0400. The maximum atomic E-state index is 8.78. The van der Waals surface area contributed by atoms with Crippen molar-refractivity contribution in [1.82, 2.24) is 0 Å². The highest BCUT2D eigenvalue weighted by molar-refractivity contribution is 5.01. The van der Waals surface area contributed by atoms with Crippen molar-refractivity contribution in [2.24, 2.45) is 5.92 Å². The van der Waals surface area contributed by atoms with Crippen LogP contribution in [0.1, 0.15) is 13.3 Å². The SMILES string of the molecule is CC1[C][CH]C(O)C1. The molecule has 0 amide bonds. The van der Waals surface area contributed by atoms with E-state index in [-0.39, 0.29) is 6.10 Å². The normalized spacial score (nSPS) is 42.0. The average Bonchev–Trinajstić information content (AvgIpc) is 1.87. The molecule has 1 aliphatic carbocycles. The highest BCUT2D eigenvalue weighted by Gasteiger charge is 2.18. The summed E-state index contributed by atoms with van der Waals surface area (Å²) in [6.07, 6.45) is 5.37. The minimum Gasteiger partial charge on any atom is -0.393 e. The van der Waals surface area contributed by atoms with Gasteiger partial charge >= 0.3 is 0 Å². The van der Waals surface area contributed by atoms with Gasteiger partial charge < -0.3 is 5.11 Å². The largest absolute Gasteiger partial charge is 0.393 e. The molecule has 0 aromatic heterocycles. The zero-order valence-electron chi connectivity index (χ0n) is 4.39.